The molecule has 1 unspecified atom stereocenters. The van der Waals surface area contributed by atoms with E-state index >= 15 is 0 Å². The molecule has 0 heterocycles. The van der Waals surface area contributed by atoms with Crippen LogP contribution >= 0.6 is 0 Å². The Balaban J connectivity index is 2.60. The SMILES string of the molecule is CN(C(=O)C(=O)O)C1CCC(C)(C)C1. The molecule has 1 aliphatic carbocycles. The van der Waals surface area contributed by atoms with Gasteiger partial charge < -0.3 is 10.0 Å². The Bertz CT molecular complexity index is 260. The molecule has 0 aromatic carbocycles. The first-order valence-corrected chi connectivity index (χ1v) is 4.83. The first-order chi connectivity index (χ1) is 6.33. The molecule has 1 atom stereocenters. The van der Waals surface area contributed by atoms with Gasteiger partial charge in [-0.1, -0.05) is 13.8 Å². The van der Waals surface area contributed by atoms with Crippen molar-refractivity contribution in [2.45, 2.75) is 39.2 Å². The summed E-state index contributed by atoms with van der Waals surface area (Å²) >= 11 is 0. The van der Waals surface area contributed by atoms with Gasteiger partial charge in [0.25, 0.3) is 0 Å². The molecule has 0 aromatic heterocycles. The Kier molecular flexibility index (Phi) is 2.83. The summed E-state index contributed by atoms with van der Waals surface area (Å²) in [5.74, 6) is -2.16. The average Bonchev–Trinajstić information content (AvgIpc) is 2.43. The van der Waals surface area contributed by atoms with Gasteiger partial charge in [-0.2, -0.15) is 0 Å². The van der Waals surface area contributed by atoms with Crippen LogP contribution in [0.1, 0.15) is 33.1 Å². The van der Waals surface area contributed by atoms with Crippen LogP contribution in [0.4, 0.5) is 0 Å². The monoisotopic (exact) mass is 199 g/mol. The molecule has 0 spiro atoms. The quantitative estimate of drug-likeness (QED) is 0.643. The number of hydrogen-bond acceptors (Lipinski definition) is 2. The van der Waals surface area contributed by atoms with Crippen LogP contribution in [0.25, 0.3) is 0 Å². The lowest BCUT2D eigenvalue weighted by Gasteiger charge is -2.24. The molecule has 14 heavy (non-hydrogen) atoms. The molecule has 1 rings (SSSR count). The van der Waals surface area contributed by atoms with E-state index in [1.165, 1.54) is 4.90 Å². The standard InChI is InChI=1S/C10H17NO3/c1-10(2)5-4-7(6-10)11(3)8(12)9(13)14/h7H,4-6H2,1-3H3,(H,13,14). The molecule has 0 radical (unpaired) electrons. The Morgan fingerprint density at radius 2 is 2.00 bits per heavy atom. The summed E-state index contributed by atoms with van der Waals surface area (Å²) in [6.07, 6.45) is 2.85. The van der Waals surface area contributed by atoms with Gasteiger partial charge in [0.2, 0.25) is 0 Å². The molecule has 1 fully saturated rings. The van der Waals surface area contributed by atoms with E-state index in [2.05, 4.69) is 13.8 Å². The zero-order valence-electron chi connectivity index (χ0n) is 8.91. The summed E-state index contributed by atoms with van der Waals surface area (Å²) in [7, 11) is 1.57. The van der Waals surface area contributed by atoms with E-state index in [1.54, 1.807) is 7.05 Å². The van der Waals surface area contributed by atoms with Crippen molar-refractivity contribution in [1.29, 1.82) is 0 Å². The number of rotatable bonds is 1. The fourth-order valence-electron chi connectivity index (χ4n) is 2.05. The maximum absolute atomic E-state index is 11.2. The largest absolute Gasteiger partial charge is 0.474 e. The third-order valence-electron chi connectivity index (χ3n) is 2.99. The molecule has 1 N–H and O–H groups in total. The minimum absolute atomic E-state index is 0.0913. The Labute approximate surface area is 83.9 Å². The fraction of sp³-hybridized carbons (Fsp3) is 0.800. The zero-order valence-corrected chi connectivity index (χ0v) is 8.91. The van der Waals surface area contributed by atoms with Gasteiger partial charge in [0.15, 0.2) is 0 Å². The normalized spacial score (nSPS) is 24.6. The highest BCUT2D eigenvalue weighted by Gasteiger charge is 2.36. The highest BCUT2D eigenvalue weighted by Crippen LogP contribution is 2.38. The van der Waals surface area contributed by atoms with Gasteiger partial charge in [0.1, 0.15) is 0 Å². The van der Waals surface area contributed by atoms with Crippen LogP contribution in [0.15, 0.2) is 0 Å². The highest BCUT2D eigenvalue weighted by atomic mass is 16.4. The van der Waals surface area contributed by atoms with Crippen LogP contribution in [0.2, 0.25) is 0 Å². The number of amides is 1. The second-order valence-corrected chi connectivity index (χ2v) is 4.78. The first-order valence-electron chi connectivity index (χ1n) is 4.83. The van der Waals surface area contributed by atoms with Crippen LogP contribution in [-0.2, 0) is 9.59 Å². The fourth-order valence-corrected chi connectivity index (χ4v) is 2.05. The number of carbonyl (C=O) groups excluding carboxylic acids is 1. The number of hydrogen-bond donors (Lipinski definition) is 1. The molecule has 0 saturated heterocycles. The number of nitrogens with zero attached hydrogens (tertiary/aromatic N) is 1. The molecular weight excluding hydrogens is 182 g/mol. The average molecular weight is 199 g/mol. The molecule has 0 bridgehead atoms. The lowest BCUT2D eigenvalue weighted by atomic mass is 9.91. The molecule has 1 amide bonds. The second kappa shape index (κ2) is 3.59. The topological polar surface area (TPSA) is 57.6 Å². The van der Waals surface area contributed by atoms with Gasteiger partial charge in [-0.3, -0.25) is 4.79 Å². The van der Waals surface area contributed by atoms with E-state index in [9.17, 15) is 9.59 Å². The maximum Gasteiger partial charge on any atom is 0.394 e. The van der Waals surface area contributed by atoms with Crippen molar-refractivity contribution < 1.29 is 14.7 Å². The lowest BCUT2D eigenvalue weighted by Crippen LogP contribution is -2.40. The van der Waals surface area contributed by atoms with Gasteiger partial charge in [0.05, 0.1) is 0 Å². The third-order valence-corrected chi connectivity index (χ3v) is 2.99. The highest BCUT2D eigenvalue weighted by molar-refractivity contribution is 6.31. The third kappa shape index (κ3) is 2.25. The van der Waals surface area contributed by atoms with Gasteiger partial charge in [-0.15, -0.1) is 0 Å². The predicted octanol–water partition coefficient (Wildman–Crippen LogP) is 1.11. The van der Waals surface area contributed by atoms with E-state index in [0.29, 0.717) is 0 Å². The summed E-state index contributed by atoms with van der Waals surface area (Å²) in [6, 6.07) is 0.0913. The van der Waals surface area contributed by atoms with E-state index in [-0.39, 0.29) is 11.5 Å². The van der Waals surface area contributed by atoms with Gasteiger partial charge in [-0.25, -0.2) is 4.79 Å². The van der Waals surface area contributed by atoms with Crippen LogP contribution in [0.3, 0.4) is 0 Å². The van der Waals surface area contributed by atoms with Crippen molar-refractivity contribution >= 4 is 11.9 Å². The van der Waals surface area contributed by atoms with Crippen molar-refractivity contribution in [3.63, 3.8) is 0 Å². The number of aliphatic carboxylic acids is 1. The molecular formula is C10H17NO3. The molecule has 4 nitrogen and oxygen atoms in total. The molecule has 80 valence electrons. The number of carboxylic acid groups (broad SMARTS) is 1. The van der Waals surface area contributed by atoms with Crippen molar-refractivity contribution in [3.05, 3.63) is 0 Å². The van der Waals surface area contributed by atoms with Crippen LogP contribution < -0.4 is 0 Å². The zero-order chi connectivity index (χ0) is 10.9. The number of likely N-dealkylation sites (N-methyl/N-ethyl adjacent to an activating group) is 1. The summed E-state index contributed by atoms with van der Waals surface area (Å²) < 4.78 is 0. The van der Waals surface area contributed by atoms with E-state index in [4.69, 9.17) is 5.11 Å². The summed E-state index contributed by atoms with van der Waals surface area (Å²) in [6.45, 7) is 4.29. The number of carbonyl (C=O) groups is 2. The smallest absolute Gasteiger partial charge is 0.394 e. The molecule has 1 saturated carbocycles. The maximum atomic E-state index is 11.2. The number of carboxylic acids is 1. The lowest BCUT2D eigenvalue weighted by molar-refractivity contribution is -0.156. The van der Waals surface area contributed by atoms with Crippen molar-refractivity contribution in [3.8, 4) is 0 Å². The Hall–Kier alpha value is -1.06. The van der Waals surface area contributed by atoms with E-state index in [1.807, 2.05) is 0 Å². The molecule has 0 aliphatic heterocycles. The Morgan fingerprint density at radius 1 is 1.43 bits per heavy atom. The Morgan fingerprint density at radius 3 is 2.36 bits per heavy atom. The van der Waals surface area contributed by atoms with Gasteiger partial charge in [0, 0.05) is 13.1 Å². The van der Waals surface area contributed by atoms with Crippen molar-refractivity contribution in [2.24, 2.45) is 5.41 Å². The van der Waals surface area contributed by atoms with Gasteiger partial charge in [-0.05, 0) is 24.7 Å². The van der Waals surface area contributed by atoms with E-state index in [0.717, 1.165) is 19.3 Å². The van der Waals surface area contributed by atoms with Crippen LogP contribution in [0, 0.1) is 5.41 Å². The summed E-state index contributed by atoms with van der Waals surface area (Å²) in [4.78, 5) is 23.0. The second-order valence-electron chi connectivity index (χ2n) is 4.78. The molecule has 0 aromatic rings. The van der Waals surface area contributed by atoms with Crippen LogP contribution in [0.5, 0.6) is 0 Å². The van der Waals surface area contributed by atoms with Crippen molar-refractivity contribution in [1.82, 2.24) is 4.90 Å². The predicted molar refractivity (Wildman–Crippen MR) is 51.8 cm³/mol. The minimum Gasteiger partial charge on any atom is -0.474 e. The first kappa shape index (κ1) is 11.0. The molecule has 1 aliphatic rings. The summed E-state index contributed by atoms with van der Waals surface area (Å²) in [5, 5.41) is 8.55. The summed E-state index contributed by atoms with van der Waals surface area (Å²) in [5.41, 5.74) is 0.234. The molecule has 4 heteroatoms. The van der Waals surface area contributed by atoms with E-state index < -0.39 is 11.9 Å². The van der Waals surface area contributed by atoms with Crippen LogP contribution in [-0.4, -0.2) is 35.0 Å². The minimum atomic E-state index is -1.36. The van der Waals surface area contributed by atoms with Crippen molar-refractivity contribution in [2.75, 3.05) is 7.05 Å². The van der Waals surface area contributed by atoms with Gasteiger partial charge >= 0.3 is 11.9 Å².